The summed E-state index contributed by atoms with van der Waals surface area (Å²) >= 11 is 1.45. The molecular formula is C23H18F3N3O2S. The van der Waals surface area contributed by atoms with E-state index in [1.54, 1.807) is 24.5 Å². The number of halogens is 3. The highest BCUT2D eigenvalue weighted by molar-refractivity contribution is 7.19. The maximum absolute atomic E-state index is 12.9. The van der Waals surface area contributed by atoms with Crippen LogP contribution in [0.15, 0.2) is 67.3 Å². The average Bonchev–Trinajstić information content (AvgIpc) is 3.19. The second kappa shape index (κ2) is 8.96. The van der Waals surface area contributed by atoms with Crippen molar-refractivity contribution in [2.75, 3.05) is 4.90 Å². The van der Waals surface area contributed by atoms with Crippen LogP contribution in [0.2, 0.25) is 0 Å². The Morgan fingerprint density at radius 2 is 1.78 bits per heavy atom. The number of aromatic hydroxyl groups is 1. The number of carbonyl (C=O) groups is 1. The first-order valence-corrected chi connectivity index (χ1v) is 10.5. The van der Waals surface area contributed by atoms with Gasteiger partial charge in [-0.25, -0.2) is 9.97 Å². The molecule has 0 saturated heterocycles. The van der Waals surface area contributed by atoms with E-state index >= 15 is 0 Å². The Morgan fingerprint density at radius 1 is 1.03 bits per heavy atom. The fraction of sp³-hybridized carbons (Fsp3) is 0.174. The molecule has 2 aromatic carbocycles. The lowest BCUT2D eigenvalue weighted by Crippen LogP contribution is -2.31. The van der Waals surface area contributed by atoms with E-state index in [2.05, 4.69) is 9.97 Å². The molecule has 0 unspecified atom stereocenters. The zero-order valence-electron chi connectivity index (χ0n) is 16.7. The number of rotatable bonds is 6. The molecule has 0 aliphatic rings. The number of nitrogens with zero attached hydrogens (tertiary/aromatic N) is 3. The van der Waals surface area contributed by atoms with Gasteiger partial charge in [0.2, 0.25) is 5.91 Å². The fourth-order valence-electron chi connectivity index (χ4n) is 3.33. The number of anilines is 1. The summed E-state index contributed by atoms with van der Waals surface area (Å²) in [7, 11) is 0. The predicted octanol–water partition coefficient (Wildman–Crippen LogP) is 5.94. The third-order valence-electron chi connectivity index (χ3n) is 4.87. The number of thiophene rings is 1. The molecule has 0 spiro atoms. The molecule has 0 fully saturated rings. The highest BCUT2D eigenvalue weighted by Crippen LogP contribution is 2.36. The number of amides is 1. The molecule has 32 heavy (non-hydrogen) atoms. The van der Waals surface area contributed by atoms with E-state index in [1.165, 1.54) is 28.6 Å². The van der Waals surface area contributed by atoms with E-state index in [0.717, 1.165) is 15.0 Å². The lowest BCUT2D eigenvalue weighted by atomic mass is 10.1. The van der Waals surface area contributed by atoms with Crippen molar-refractivity contribution in [2.24, 2.45) is 0 Å². The van der Waals surface area contributed by atoms with Crippen molar-refractivity contribution >= 4 is 33.0 Å². The molecule has 0 atom stereocenters. The molecule has 9 heteroatoms. The smallest absolute Gasteiger partial charge is 0.389 e. The zero-order valence-corrected chi connectivity index (χ0v) is 17.5. The van der Waals surface area contributed by atoms with E-state index in [4.69, 9.17) is 0 Å². The Balaban J connectivity index is 1.72. The minimum atomic E-state index is -4.45. The van der Waals surface area contributed by atoms with Crippen molar-refractivity contribution < 1.29 is 23.1 Å². The van der Waals surface area contributed by atoms with Crippen LogP contribution in [-0.2, 0) is 11.3 Å². The molecule has 0 aliphatic carbocycles. The van der Waals surface area contributed by atoms with Gasteiger partial charge in [0.05, 0.1) is 18.7 Å². The van der Waals surface area contributed by atoms with E-state index in [-0.39, 0.29) is 18.0 Å². The normalized spacial score (nSPS) is 11.6. The number of hydrogen-bond acceptors (Lipinski definition) is 5. The standard InChI is InChI=1S/C23H18F3N3O2S/c24-23(25,26)8-7-22(31)29(13-18-9-16-3-1-2-4-21(16)32-18)19-10-15(5-6-20(19)30)17-11-27-14-28-12-17/h1-6,9-12,14,30H,7-8,13H2. The monoisotopic (exact) mass is 457 g/mol. The highest BCUT2D eigenvalue weighted by Gasteiger charge is 2.30. The van der Waals surface area contributed by atoms with E-state index < -0.39 is 24.9 Å². The van der Waals surface area contributed by atoms with Crippen molar-refractivity contribution in [3.8, 4) is 16.9 Å². The Hall–Kier alpha value is -3.46. The van der Waals surface area contributed by atoms with Crippen LogP contribution in [0, 0.1) is 0 Å². The van der Waals surface area contributed by atoms with Crippen LogP contribution in [0.4, 0.5) is 18.9 Å². The molecule has 2 heterocycles. The van der Waals surface area contributed by atoms with Crippen molar-refractivity contribution in [1.82, 2.24) is 9.97 Å². The first kappa shape index (κ1) is 21.8. The van der Waals surface area contributed by atoms with Crippen LogP contribution in [0.1, 0.15) is 17.7 Å². The van der Waals surface area contributed by atoms with E-state index in [9.17, 15) is 23.1 Å². The molecule has 5 nitrogen and oxygen atoms in total. The summed E-state index contributed by atoms with van der Waals surface area (Å²) in [5, 5.41) is 11.5. The van der Waals surface area contributed by atoms with E-state index in [1.807, 2.05) is 30.3 Å². The minimum absolute atomic E-state index is 0.0400. The van der Waals surface area contributed by atoms with Gasteiger partial charge in [-0.2, -0.15) is 13.2 Å². The molecule has 2 aromatic heterocycles. The summed E-state index contributed by atoms with van der Waals surface area (Å²) in [4.78, 5) is 22.8. The third kappa shape index (κ3) is 5.05. The van der Waals surface area contributed by atoms with Gasteiger partial charge in [-0.05, 0) is 35.2 Å². The number of phenols is 1. The first-order valence-electron chi connectivity index (χ1n) is 9.73. The predicted molar refractivity (Wildman–Crippen MR) is 117 cm³/mol. The summed E-state index contributed by atoms with van der Waals surface area (Å²) in [6, 6.07) is 14.2. The number of alkyl halides is 3. The summed E-state index contributed by atoms with van der Waals surface area (Å²) in [5.41, 5.74) is 1.41. The second-order valence-electron chi connectivity index (χ2n) is 7.18. The van der Waals surface area contributed by atoms with Crippen LogP contribution in [-0.4, -0.2) is 27.2 Å². The summed E-state index contributed by atoms with van der Waals surface area (Å²) in [6.07, 6.45) is -1.88. The highest BCUT2D eigenvalue weighted by atomic mass is 32.1. The maximum atomic E-state index is 12.9. The average molecular weight is 457 g/mol. The SMILES string of the molecule is O=C(CCC(F)(F)F)N(Cc1cc2ccccc2s1)c1cc(-c2cncnc2)ccc1O. The van der Waals surface area contributed by atoms with Gasteiger partial charge in [-0.15, -0.1) is 11.3 Å². The van der Waals surface area contributed by atoms with Crippen molar-refractivity contribution in [3.05, 3.63) is 72.1 Å². The molecular weight excluding hydrogens is 439 g/mol. The third-order valence-corrected chi connectivity index (χ3v) is 5.97. The van der Waals surface area contributed by atoms with Gasteiger partial charge < -0.3 is 10.0 Å². The Morgan fingerprint density at radius 3 is 2.50 bits per heavy atom. The van der Waals surface area contributed by atoms with Crippen molar-refractivity contribution in [1.29, 1.82) is 0 Å². The van der Waals surface area contributed by atoms with Gasteiger partial charge in [0.15, 0.2) is 0 Å². The Labute approximate surface area is 185 Å². The van der Waals surface area contributed by atoms with Gasteiger partial charge in [-0.3, -0.25) is 4.79 Å². The van der Waals surface area contributed by atoms with E-state index in [0.29, 0.717) is 11.1 Å². The molecule has 4 aromatic rings. The first-order chi connectivity index (χ1) is 15.3. The lowest BCUT2D eigenvalue weighted by Gasteiger charge is -2.24. The number of phenolic OH excluding ortho intramolecular Hbond substituents is 1. The van der Waals surface area contributed by atoms with Crippen molar-refractivity contribution in [2.45, 2.75) is 25.6 Å². The van der Waals surface area contributed by atoms with Crippen LogP contribution in [0.5, 0.6) is 5.75 Å². The number of benzene rings is 2. The Bertz CT molecular complexity index is 1210. The summed E-state index contributed by atoms with van der Waals surface area (Å²) in [6.45, 7) is 0.0400. The number of hydrogen-bond donors (Lipinski definition) is 1. The second-order valence-corrected chi connectivity index (χ2v) is 8.34. The molecule has 164 valence electrons. The van der Waals surface area contributed by atoms with Gasteiger partial charge in [0.25, 0.3) is 0 Å². The zero-order chi connectivity index (χ0) is 22.7. The summed E-state index contributed by atoms with van der Waals surface area (Å²) < 4.78 is 39.3. The molecule has 1 N–H and O–H groups in total. The minimum Gasteiger partial charge on any atom is -0.506 e. The van der Waals surface area contributed by atoms with Crippen molar-refractivity contribution in [3.63, 3.8) is 0 Å². The van der Waals surface area contributed by atoms with Gasteiger partial charge in [0, 0.05) is 34.0 Å². The summed E-state index contributed by atoms with van der Waals surface area (Å²) in [5.74, 6) is -0.927. The molecule has 0 radical (unpaired) electrons. The Kier molecular flexibility index (Phi) is 6.09. The topological polar surface area (TPSA) is 66.3 Å². The largest absolute Gasteiger partial charge is 0.506 e. The molecule has 0 aliphatic heterocycles. The molecule has 1 amide bonds. The van der Waals surface area contributed by atoms with Crippen LogP contribution >= 0.6 is 11.3 Å². The van der Waals surface area contributed by atoms with Gasteiger partial charge >= 0.3 is 6.18 Å². The number of aromatic nitrogens is 2. The van der Waals surface area contributed by atoms with Gasteiger partial charge in [-0.1, -0.05) is 24.3 Å². The van der Waals surface area contributed by atoms with Crippen LogP contribution in [0.25, 0.3) is 21.2 Å². The quantitative estimate of drug-likeness (QED) is 0.389. The molecule has 0 bridgehead atoms. The molecule has 0 saturated carbocycles. The maximum Gasteiger partial charge on any atom is 0.389 e. The lowest BCUT2D eigenvalue weighted by molar-refractivity contribution is -0.143. The number of carbonyl (C=O) groups excluding carboxylic acids is 1. The van der Waals surface area contributed by atoms with Gasteiger partial charge in [0.1, 0.15) is 12.1 Å². The fourth-order valence-corrected chi connectivity index (χ4v) is 4.38. The van der Waals surface area contributed by atoms with Crippen LogP contribution < -0.4 is 4.90 Å². The molecule has 4 rings (SSSR count). The van der Waals surface area contributed by atoms with Crippen LogP contribution in [0.3, 0.4) is 0 Å². The number of fused-ring (bicyclic) bond motifs is 1.